The van der Waals surface area contributed by atoms with Crippen LogP contribution in [-0.2, 0) is 6.54 Å². The predicted molar refractivity (Wildman–Crippen MR) is 102 cm³/mol. The molecule has 0 atom stereocenters. The van der Waals surface area contributed by atoms with Crippen LogP contribution in [0.5, 0.6) is 0 Å². The number of aromatic nitrogens is 4. The highest BCUT2D eigenvalue weighted by molar-refractivity contribution is 5.56. The molecule has 0 radical (unpaired) electrons. The third kappa shape index (κ3) is 3.90. The number of benzene rings is 1. The molecule has 0 aliphatic carbocycles. The first-order chi connectivity index (χ1) is 13.2. The molecule has 1 N–H and O–H groups in total. The zero-order chi connectivity index (χ0) is 18.6. The van der Waals surface area contributed by atoms with Gasteiger partial charge in [0.15, 0.2) is 0 Å². The van der Waals surface area contributed by atoms with Crippen LogP contribution in [-0.4, -0.2) is 46.1 Å². The molecule has 1 aliphatic rings. The Hall–Kier alpha value is -3.00. The molecule has 0 saturated carbocycles. The molecule has 0 unspecified atom stereocenters. The van der Waals surface area contributed by atoms with Gasteiger partial charge in [-0.25, -0.2) is 4.68 Å². The van der Waals surface area contributed by atoms with Crippen LogP contribution in [0.1, 0.15) is 18.4 Å². The van der Waals surface area contributed by atoms with Gasteiger partial charge in [-0.1, -0.05) is 23.4 Å². The van der Waals surface area contributed by atoms with Crippen LogP contribution in [0.2, 0.25) is 0 Å². The Labute approximate surface area is 156 Å². The van der Waals surface area contributed by atoms with Crippen molar-refractivity contribution in [3.05, 3.63) is 58.5 Å². The molecule has 2 aromatic heterocycles. The summed E-state index contributed by atoms with van der Waals surface area (Å²) < 4.78 is 6.91. The van der Waals surface area contributed by atoms with Crippen LogP contribution in [0.15, 0.2) is 51.9 Å². The second-order valence-corrected chi connectivity index (χ2v) is 6.71. The van der Waals surface area contributed by atoms with Gasteiger partial charge in [-0.3, -0.25) is 4.79 Å². The van der Waals surface area contributed by atoms with Gasteiger partial charge in [0.2, 0.25) is 5.82 Å². The first-order valence-electron chi connectivity index (χ1n) is 9.09. The quantitative estimate of drug-likeness (QED) is 0.732. The molecule has 140 valence electrons. The maximum atomic E-state index is 11.9. The van der Waals surface area contributed by atoms with Crippen LogP contribution in [0.3, 0.4) is 0 Å². The van der Waals surface area contributed by atoms with E-state index in [1.54, 1.807) is 12.3 Å². The standard InChI is InChI=1S/C19H22N6O2/c1-24(16-7-10-20-11-8-16)19-22-18(23-27-19)15-5-2-4-14(12-15)13-25-17(26)6-3-9-21-25/h2-6,9,12,16,20H,7-8,10-11,13H2,1H3. The van der Waals surface area contributed by atoms with Gasteiger partial charge in [-0.15, -0.1) is 0 Å². The van der Waals surface area contributed by atoms with Crippen molar-refractivity contribution in [3.8, 4) is 11.4 Å². The van der Waals surface area contributed by atoms with Crippen molar-refractivity contribution in [1.29, 1.82) is 0 Å². The van der Waals surface area contributed by atoms with E-state index in [1.807, 2.05) is 31.3 Å². The molecule has 4 rings (SSSR count). The summed E-state index contributed by atoms with van der Waals surface area (Å²) in [5.74, 6) is 0.543. The fourth-order valence-electron chi connectivity index (χ4n) is 3.31. The third-order valence-electron chi connectivity index (χ3n) is 4.88. The Balaban J connectivity index is 1.53. The highest BCUT2D eigenvalue weighted by Crippen LogP contribution is 2.23. The Morgan fingerprint density at radius 2 is 2.11 bits per heavy atom. The molecule has 3 aromatic rings. The largest absolute Gasteiger partial charge is 0.324 e. The number of nitrogens with one attached hydrogen (secondary N) is 1. The van der Waals surface area contributed by atoms with Gasteiger partial charge in [0, 0.05) is 30.9 Å². The van der Waals surface area contributed by atoms with Crippen LogP contribution in [0, 0.1) is 0 Å². The van der Waals surface area contributed by atoms with Crippen molar-refractivity contribution in [1.82, 2.24) is 25.2 Å². The van der Waals surface area contributed by atoms with Crippen LogP contribution >= 0.6 is 0 Å². The van der Waals surface area contributed by atoms with Gasteiger partial charge >= 0.3 is 6.01 Å². The zero-order valence-electron chi connectivity index (χ0n) is 15.2. The van der Waals surface area contributed by atoms with Gasteiger partial charge in [-0.2, -0.15) is 10.1 Å². The number of nitrogens with zero attached hydrogens (tertiary/aromatic N) is 5. The molecular weight excluding hydrogens is 344 g/mol. The highest BCUT2D eigenvalue weighted by atomic mass is 16.5. The lowest BCUT2D eigenvalue weighted by Gasteiger charge is -2.29. The molecule has 0 bridgehead atoms. The third-order valence-corrected chi connectivity index (χ3v) is 4.88. The fraction of sp³-hybridized carbons (Fsp3) is 0.368. The van der Waals surface area contributed by atoms with E-state index in [0.29, 0.717) is 24.4 Å². The second-order valence-electron chi connectivity index (χ2n) is 6.71. The summed E-state index contributed by atoms with van der Waals surface area (Å²) in [7, 11) is 2.00. The lowest BCUT2D eigenvalue weighted by Crippen LogP contribution is -2.41. The van der Waals surface area contributed by atoms with Crippen LogP contribution in [0.4, 0.5) is 6.01 Å². The smallest absolute Gasteiger partial charge is 0.324 e. The first-order valence-corrected chi connectivity index (χ1v) is 9.09. The summed E-state index contributed by atoms with van der Waals surface area (Å²) in [6.07, 6.45) is 3.72. The van der Waals surface area contributed by atoms with E-state index in [4.69, 9.17) is 4.52 Å². The molecular formula is C19H22N6O2. The lowest BCUT2D eigenvalue weighted by atomic mass is 10.1. The van der Waals surface area contributed by atoms with Gasteiger partial charge in [0.25, 0.3) is 5.56 Å². The molecule has 0 amide bonds. The molecule has 0 spiro atoms. The fourth-order valence-corrected chi connectivity index (χ4v) is 3.31. The zero-order valence-corrected chi connectivity index (χ0v) is 15.2. The summed E-state index contributed by atoms with van der Waals surface area (Å²) >= 11 is 0. The Morgan fingerprint density at radius 1 is 1.26 bits per heavy atom. The molecule has 8 nitrogen and oxygen atoms in total. The summed E-state index contributed by atoms with van der Waals surface area (Å²) in [4.78, 5) is 18.5. The van der Waals surface area contributed by atoms with Crippen molar-refractivity contribution in [3.63, 3.8) is 0 Å². The lowest BCUT2D eigenvalue weighted by molar-refractivity contribution is 0.380. The van der Waals surface area contributed by atoms with Gasteiger partial charge in [-0.05, 0) is 43.6 Å². The summed E-state index contributed by atoms with van der Waals surface area (Å²) in [6.45, 7) is 2.41. The first kappa shape index (κ1) is 17.4. The molecule has 1 aliphatic heterocycles. The van der Waals surface area contributed by atoms with Crippen molar-refractivity contribution in [2.75, 3.05) is 25.0 Å². The Bertz CT molecular complexity index is 960. The van der Waals surface area contributed by atoms with Crippen molar-refractivity contribution in [2.24, 2.45) is 0 Å². The minimum Gasteiger partial charge on any atom is -0.324 e. The number of piperidine rings is 1. The summed E-state index contributed by atoms with van der Waals surface area (Å²) in [6, 6.07) is 11.8. The minimum atomic E-state index is -0.131. The van der Waals surface area contributed by atoms with Gasteiger partial charge < -0.3 is 14.7 Å². The predicted octanol–water partition coefficient (Wildman–Crippen LogP) is 1.53. The van der Waals surface area contributed by atoms with E-state index in [9.17, 15) is 4.79 Å². The monoisotopic (exact) mass is 366 g/mol. The van der Waals surface area contributed by atoms with E-state index in [2.05, 4.69) is 25.5 Å². The second kappa shape index (κ2) is 7.71. The highest BCUT2D eigenvalue weighted by Gasteiger charge is 2.22. The van der Waals surface area contributed by atoms with Crippen LogP contribution in [0.25, 0.3) is 11.4 Å². The molecule has 8 heteroatoms. The maximum absolute atomic E-state index is 11.9. The molecule has 27 heavy (non-hydrogen) atoms. The Morgan fingerprint density at radius 3 is 2.93 bits per heavy atom. The average Bonchev–Trinajstić information content (AvgIpc) is 3.20. The van der Waals surface area contributed by atoms with E-state index in [0.717, 1.165) is 37.1 Å². The van der Waals surface area contributed by atoms with Crippen molar-refractivity contribution in [2.45, 2.75) is 25.4 Å². The molecule has 1 aromatic carbocycles. The number of hydrogen-bond donors (Lipinski definition) is 1. The average molecular weight is 366 g/mol. The SMILES string of the molecule is CN(c1nc(-c2cccc(Cn3ncccc3=O)c2)no1)C1CCNCC1. The van der Waals surface area contributed by atoms with Gasteiger partial charge in [0.05, 0.1) is 6.54 Å². The number of rotatable bonds is 5. The van der Waals surface area contributed by atoms with Gasteiger partial charge in [0.1, 0.15) is 0 Å². The number of anilines is 1. The minimum absolute atomic E-state index is 0.131. The molecule has 3 heterocycles. The topological polar surface area (TPSA) is 89.1 Å². The van der Waals surface area contributed by atoms with Crippen molar-refractivity contribution < 1.29 is 4.52 Å². The molecule has 1 saturated heterocycles. The van der Waals surface area contributed by atoms with E-state index < -0.39 is 0 Å². The normalized spacial score (nSPS) is 15.0. The summed E-state index contributed by atoms with van der Waals surface area (Å²) in [5, 5.41) is 11.6. The van der Waals surface area contributed by atoms with E-state index in [-0.39, 0.29) is 5.56 Å². The summed E-state index contributed by atoms with van der Waals surface area (Å²) in [5.41, 5.74) is 1.67. The van der Waals surface area contributed by atoms with Crippen LogP contribution < -0.4 is 15.8 Å². The Kier molecular flexibility index (Phi) is 4.97. The van der Waals surface area contributed by atoms with E-state index >= 15 is 0 Å². The maximum Gasteiger partial charge on any atom is 0.324 e. The number of hydrogen-bond acceptors (Lipinski definition) is 7. The van der Waals surface area contributed by atoms with E-state index in [1.165, 1.54) is 10.7 Å². The van der Waals surface area contributed by atoms with Crippen molar-refractivity contribution >= 4 is 6.01 Å². The molecule has 1 fully saturated rings.